The number of ether oxygens (including phenoxy) is 1. The first kappa shape index (κ1) is 21.9. The predicted octanol–water partition coefficient (Wildman–Crippen LogP) is 1.89. The van der Waals surface area contributed by atoms with Crippen LogP contribution >= 0.6 is 11.6 Å². The van der Waals surface area contributed by atoms with Crippen LogP contribution in [-0.2, 0) is 9.53 Å². The molecular formula is C21H32ClN5O2. The van der Waals surface area contributed by atoms with Gasteiger partial charge < -0.3 is 20.3 Å². The molecule has 1 unspecified atom stereocenters. The number of aliphatic imine (C=N–C) groups is 1. The van der Waals surface area contributed by atoms with Crippen molar-refractivity contribution < 1.29 is 9.53 Å². The summed E-state index contributed by atoms with van der Waals surface area (Å²) in [6, 6.07) is 8.13. The molecule has 1 amide bonds. The number of hydrogen-bond donors (Lipinski definition) is 2. The topological polar surface area (TPSA) is 69.2 Å². The zero-order valence-electron chi connectivity index (χ0n) is 17.4. The van der Waals surface area contributed by atoms with Gasteiger partial charge in [-0.25, -0.2) is 0 Å². The largest absolute Gasteiger partial charge is 0.375 e. The van der Waals surface area contributed by atoms with Gasteiger partial charge in [-0.3, -0.25) is 14.7 Å². The van der Waals surface area contributed by atoms with Crippen molar-refractivity contribution in [2.75, 3.05) is 52.9 Å². The Labute approximate surface area is 178 Å². The molecule has 2 N–H and O–H groups in total. The first-order valence-electron chi connectivity index (χ1n) is 10.4. The normalized spacial score (nSPS) is 19.1. The summed E-state index contributed by atoms with van der Waals surface area (Å²) in [5.74, 6) is 1.03. The number of hydrogen-bond acceptors (Lipinski definition) is 4. The summed E-state index contributed by atoms with van der Waals surface area (Å²) in [5, 5.41) is 7.14. The predicted molar refractivity (Wildman–Crippen MR) is 116 cm³/mol. The van der Waals surface area contributed by atoms with Gasteiger partial charge in [0.15, 0.2) is 5.96 Å². The summed E-state index contributed by atoms with van der Waals surface area (Å²) in [6.45, 7) is 7.27. The second-order valence-corrected chi connectivity index (χ2v) is 8.02. The van der Waals surface area contributed by atoms with Crippen LogP contribution in [0.25, 0.3) is 0 Å². The molecule has 1 aliphatic heterocycles. The van der Waals surface area contributed by atoms with Gasteiger partial charge in [0.2, 0.25) is 5.91 Å². The molecule has 2 aliphatic rings. The summed E-state index contributed by atoms with van der Waals surface area (Å²) in [4.78, 5) is 21.3. The van der Waals surface area contributed by atoms with Crippen molar-refractivity contribution in [1.29, 1.82) is 0 Å². The number of halogens is 1. The van der Waals surface area contributed by atoms with Crippen LogP contribution in [0.2, 0.25) is 5.02 Å². The minimum absolute atomic E-state index is 0.144. The van der Waals surface area contributed by atoms with Gasteiger partial charge in [0.05, 0.1) is 13.1 Å². The van der Waals surface area contributed by atoms with Crippen molar-refractivity contribution in [3.63, 3.8) is 0 Å². The van der Waals surface area contributed by atoms with Crippen LogP contribution < -0.4 is 10.6 Å². The Hall–Kier alpha value is -1.83. The number of carbonyl (C=O) groups excluding carboxylic acids is 1. The third-order valence-corrected chi connectivity index (χ3v) is 5.46. The number of benzene rings is 1. The Morgan fingerprint density at radius 3 is 2.69 bits per heavy atom. The minimum Gasteiger partial charge on any atom is -0.375 e. The number of piperazine rings is 1. The van der Waals surface area contributed by atoms with E-state index >= 15 is 0 Å². The molecule has 1 saturated carbocycles. The molecule has 3 rings (SSSR count). The van der Waals surface area contributed by atoms with Crippen molar-refractivity contribution >= 4 is 23.5 Å². The molecule has 1 heterocycles. The van der Waals surface area contributed by atoms with E-state index in [2.05, 4.69) is 27.4 Å². The van der Waals surface area contributed by atoms with Gasteiger partial charge in [-0.15, -0.1) is 0 Å². The molecule has 1 atom stereocenters. The summed E-state index contributed by atoms with van der Waals surface area (Å²) in [5.41, 5.74) is 1.02. The van der Waals surface area contributed by atoms with E-state index in [4.69, 9.17) is 21.3 Å². The van der Waals surface area contributed by atoms with E-state index in [0.29, 0.717) is 24.2 Å². The second kappa shape index (κ2) is 10.8. The molecule has 1 saturated heterocycles. The van der Waals surface area contributed by atoms with Crippen LogP contribution in [0.15, 0.2) is 29.3 Å². The lowest BCUT2D eigenvalue weighted by atomic mass is 10.1. The lowest BCUT2D eigenvalue weighted by Crippen LogP contribution is -2.54. The van der Waals surface area contributed by atoms with Crippen LogP contribution in [0.1, 0.15) is 31.4 Å². The molecule has 160 valence electrons. The lowest BCUT2D eigenvalue weighted by molar-refractivity contribution is -0.122. The molecule has 0 bridgehead atoms. The van der Waals surface area contributed by atoms with Crippen LogP contribution in [-0.4, -0.2) is 80.6 Å². The van der Waals surface area contributed by atoms with Crippen molar-refractivity contribution in [1.82, 2.24) is 20.4 Å². The maximum Gasteiger partial charge on any atom is 0.234 e. The average Bonchev–Trinajstić information content (AvgIpc) is 3.52. The van der Waals surface area contributed by atoms with E-state index in [1.807, 2.05) is 24.3 Å². The molecule has 2 fully saturated rings. The maximum atomic E-state index is 12.0. The van der Waals surface area contributed by atoms with Gasteiger partial charge in [-0.05, 0) is 37.5 Å². The monoisotopic (exact) mass is 421 g/mol. The highest BCUT2D eigenvalue weighted by atomic mass is 35.5. The number of methoxy groups -OCH3 is 1. The van der Waals surface area contributed by atoms with E-state index in [-0.39, 0.29) is 12.0 Å². The van der Waals surface area contributed by atoms with Crippen molar-refractivity contribution in [2.24, 2.45) is 4.99 Å². The number of nitrogens with one attached hydrogen (secondary N) is 2. The Balaban J connectivity index is 1.54. The molecule has 0 radical (unpaired) electrons. The molecule has 8 heteroatoms. The van der Waals surface area contributed by atoms with Crippen LogP contribution in [0, 0.1) is 0 Å². The second-order valence-electron chi connectivity index (χ2n) is 7.58. The van der Waals surface area contributed by atoms with Crippen molar-refractivity contribution in [3.05, 3.63) is 34.9 Å². The van der Waals surface area contributed by atoms with Crippen LogP contribution in [0.3, 0.4) is 0 Å². The Bertz CT molecular complexity index is 702. The van der Waals surface area contributed by atoms with Gasteiger partial charge in [-0.1, -0.05) is 23.7 Å². The van der Waals surface area contributed by atoms with Gasteiger partial charge in [0.25, 0.3) is 0 Å². The van der Waals surface area contributed by atoms with Gasteiger partial charge in [-0.2, -0.15) is 0 Å². The number of amides is 1. The number of carbonyl (C=O) groups is 1. The highest BCUT2D eigenvalue weighted by molar-refractivity contribution is 6.30. The molecular weight excluding hydrogens is 390 g/mol. The molecule has 1 aromatic carbocycles. The zero-order chi connectivity index (χ0) is 20.6. The fourth-order valence-electron chi connectivity index (χ4n) is 3.44. The van der Waals surface area contributed by atoms with E-state index in [0.717, 1.165) is 57.1 Å². The summed E-state index contributed by atoms with van der Waals surface area (Å²) < 4.78 is 5.64. The third-order valence-electron chi connectivity index (χ3n) is 5.23. The lowest BCUT2D eigenvalue weighted by Gasteiger charge is -2.36. The molecule has 7 nitrogen and oxygen atoms in total. The number of guanidine groups is 1. The highest BCUT2D eigenvalue weighted by Gasteiger charge is 2.26. The van der Waals surface area contributed by atoms with Crippen molar-refractivity contribution in [2.45, 2.75) is 31.9 Å². The molecule has 0 spiro atoms. The Morgan fingerprint density at radius 1 is 1.31 bits per heavy atom. The molecule has 1 aliphatic carbocycles. The molecule has 29 heavy (non-hydrogen) atoms. The zero-order valence-corrected chi connectivity index (χ0v) is 18.1. The van der Waals surface area contributed by atoms with Crippen LogP contribution in [0.4, 0.5) is 0 Å². The van der Waals surface area contributed by atoms with Gasteiger partial charge in [0.1, 0.15) is 6.10 Å². The van der Waals surface area contributed by atoms with E-state index < -0.39 is 0 Å². The average molecular weight is 422 g/mol. The van der Waals surface area contributed by atoms with E-state index in [1.54, 1.807) is 7.11 Å². The number of nitrogens with zero attached hydrogens (tertiary/aromatic N) is 3. The van der Waals surface area contributed by atoms with Gasteiger partial charge in [0, 0.05) is 50.9 Å². The summed E-state index contributed by atoms with van der Waals surface area (Å²) in [6.07, 6.45) is 2.11. The first-order valence-corrected chi connectivity index (χ1v) is 10.8. The third kappa shape index (κ3) is 6.87. The fourth-order valence-corrected chi connectivity index (χ4v) is 3.64. The standard InChI is InChI=1S/C21H32ClN5O2/c1-3-23-21(24-14-19(29-2)16-5-4-6-17(22)13-16)27-11-9-26(10-12-27)15-20(28)25-18-7-8-18/h4-6,13,18-19H,3,7-12,14-15H2,1-2H3,(H,23,24)(H,25,28). The van der Waals surface area contributed by atoms with Crippen molar-refractivity contribution in [3.8, 4) is 0 Å². The summed E-state index contributed by atoms with van der Waals surface area (Å²) >= 11 is 6.12. The Morgan fingerprint density at radius 2 is 2.07 bits per heavy atom. The minimum atomic E-state index is -0.144. The molecule has 1 aromatic rings. The molecule has 0 aromatic heterocycles. The van der Waals surface area contributed by atoms with Crippen LogP contribution in [0.5, 0.6) is 0 Å². The highest BCUT2D eigenvalue weighted by Crippen LogP contribution is 2.21. The van der Waals surface area contributed by atoms with Gasteiger partial charge >= 0.3 is 0 Å². The first-order chi connectivity index (χ1) is 14.1. The van der Waals surface area contributed by atoms with E-state index in [1.165, 1.54) is 0 Å². The Kier molecular flexibility index (Phi) is 8.15. The fraction of sp³-hybridized carbons (Fsp3) is 0.619. The maximum absolute atomic E-state index is 12.0. The summed E-state index contributed by atoms with van der Waals surface area (Å²) in [7, 11) is 1.69. The SMILES string of the molecule is CCNC(=NCC(OC)c1cccc(Cl)c1)N1CCN(CC(=O)NC2CC2)CC1. The number of rotatable bonds is 8. The van der Waals surface area contributed by atoms with E-state index in [9.17, 15) is 4.79 Å². The smallest absolute Gasteiger partial charge is 0.234 e. The quantitative estimate of drug-likeness (QED) is 0.495.